The van der Waals surface area contributed by atoms with E-state index in [-0.39, 0.29) is 35.9 Å². The number of guanidine groups is 1. The first-order chi connectivity index (χ1) is 14.7. The van der Waals surface area contributed by atoms with Crippen molar-refractivity contribution >= 4 is 46.7 Å². The number of aromatic amines is 1. The van der Waals surface area contributed by atoms with Crippen LogP contribution in [-0.4, -0.2) is 54.5 Å². The van der Waals surface area contributed by atoms with Gasteiger partial charge in [-0.2, -0.15) is 0 Å². The third kappa shape index (κ3) is 5.73. The third-order valence-electron chi connectivity index (χ3n) is 6.71. The highest BCUT2D eigenvalue weighted by Crippen LogP contribution is 2.27. The van der Waals surface area contributed by atoms with Crippen LogP contribution in [0.2, 0.25) is 0 Å². The van der Waals surface area contributed by atoms with Gasteiger partial charge >= 0.3 is 0 Å². The number of hydrogen-bond acceptors (Lipinski definition) is 2. The fourth-order valence-electron chi connectivity index (χ4n) is 5.04. The maximum atomic E-state index is 12.8. The summed E-state index contributed by atoms with van der Waals surface area (Å²) in [7, 11) is 1.81. The Balaban J connectivity index is 0.00000272. The van der Waals surface area contributed by atoms with E-state index < -0.39 is 0 Å². The van der Waals surface area contributed by atoms with Gasteiger partial charge in [0.25, 0.3) is 0 Å². The highest BCUT2D eigenvalue weighted by molar-refractivity contribution is 14.0. The molecule has 1 aliphatic heterocycles. The number of fused-ring (bicyclic) bond motifs is 1. The van der Waals surface area contributed by atoms with E-state index in [0.717, 1.165) is 51.3 Å². The minimum absolute atomic E-state index is 0. The molecule has 2 fully saturated rings. The predicted octanol–water partition coefficient (Wildman–Crippen LogP) is 3.98. The molecule has 170 valence electrons. The van der Waals surface area contributed by atoms with E-state index >= 15 is 0 Å². The first kappa shape index (κ1) is 23.9. The standard InChI is InChI=1S/C24H35N5O.HI/c1-17-20(21-10-6-7-11-22(21)27-17)12-14-26-24(25-2)28-19-13-15-29(16-19)23(30)18-8-4-3-5-9-18;/h6-7,10-11,18-19,27H,3-5,8-9,12-16H2,1-2H3,(H2,25,26,28);1H. The van der Waals surface area contributed by atoms with Crippen LogP contribution in [0.25, 0.3) is 10.9 Å². The minimum Gasteiger partial charge on any atom is -0.358 e. The Morgan fingerprint density at radius 3 is 2.74 bits per heavy atom. The van der Waals surface area contributed by atoms with Crippen LogP contribution in [0.15, 0.2) is 29.3 Å². The number of benzene rings is 1. The van der Waals surface area contributed by atoms with Gasteiger partial charge < -0.3 is 20.5 Å². The molecular weight excluding hydrogens is 501 g/mol. The molecule has 3 N–H and O–H groups in total. The topological polar surface area (TPSA) is 72.5 Å². The number of aromatic nitrogens is 1. The highest BCUT2D eigenvalue weighted by Gasteiger charge is 2.31. The first-order valence-electron chi connectivity index (χ1n) is 11.5. The van der Waals surface area contributed by atoms with Crippen molar-refractivity contribution in [1.29, 1.82) is 0 Å². The van der Waals surface area contributed by atoms with Crippen molar-refractivity contribution in [2.45, 2.75) is 57.9 Å². The summed E-state index contributed by atoms with van der Waals surface area (Å²) < 4.78 is 0. The van der Waals surface area contributed by atoms with Gasteiger partial charge in [0.1, 0.15) is 0 Å². The van der Waals surface area contributed by atoms with E-state index in [2.05, 4.69) is 56.7 Å². The molecule has 0 radical (unpaired) electrons. The minimum atomic E-state index is 0. The van der Waals surface area contributed by atoms with E-state index in [9.17, 15) is 4.79 Å². The average Bonchev–Trinajstić information content (AvgIpc) is 3.37. The Morgan fingerprint density at radius 2 is 1.97 bits per heavy atom. The summed E-state index contributed by atoms with van der Waals surface area (Å²) in [5.74, 6) is 1.45. The number of aliphatic imine (C=N–C) groups is 1. The fraction of sp³-hybridized carbons (Fsp3) is 0.583. The molecule has 1 aliphatic carbocycles. The lowest BCUT2D eigenvalue weighted by molar-refractivity contribution is -0.135. The fourth-order valence-corrected chi connectivity index (χ4v) is 5.04. The molecule has 1 saturated heterocycles. The summed E-state index contributed by atoms with van der Waals surface area (Å²) in [4.78, 5) is 22.7. The van der Waals surface area contributed by atoms with Crippen LogP contribution in [0.5, 0.6) is 0 Å². The predicted molar refractivity (Wildman–Crippen MR) is 138 cm³/mol. The van der Waals surface area contributed by atoms with Crippen molar-refractivity contribution in [3.8, 4) is 0 Å². The van der Waals surface area contributed by atoms with Crippen molar-refractivity contribution in [3.05, 3.63) is 35.5 Å². The summed E-state index contributed by atoms with van der Waals surface area (Å²) >= 11 is 0. The van der Waals surface area contributed by atoms with Crippen molar-refractivity contribution in [2.24, 2.45) is 10.9 Å². The van der Waals surface area contributed by atoms with E-state index in [4.69, 9.17) is 0 Å². The van der Waals surface area contributed by atoms with Gasteiger partial charge in [0.15, 0.2) is 5.96 Å². The number of halogens is 1. The van der Waals surface area contributed by atoms with E-state index in [1.165, 1.54) is 41.4 Å². The summed E-state index contributed by atoms with van der Waals surface area (Å²) in [6.45, 7) is 4.61. The highest BCUT2D eigenvalue weighted by atomic mass is 127. The van der Waals surface area contributed by atoms with Gasteiger partial charge in [0, 0.05) is 55.2 Å². The summed E-state index contributed by atoms with van der Waals surface area (Å²) in [6, 6.07) is 8.74. The number of likely N-dealkylation sites (tertiary alicyclic amines) is 1. The molecule has 2 aromatic rings. The zero-order chi connectivity index (χ0) is 20.9. The Bertz CT molecular complexity index is 903. The zero-order valence-corrected chi connectivity index (χ0v) is 21.1. The molecule has 2 aliphatic rings. The Kier molecular flexibility index (Phi) is 8.63. The largest absolute Gasteiger partial charge is 0.358 e. The third-order valence-corrected chi connectivity index (χ3v) is 6.71. The lowest BCUT2D eigenvalue weighted by atomic mass is 9.88. The molecule has 1 amide bonds. The van der Waals surface area contributed by atoms with Gasteiger partial charge in [-0.15, -0.1) is 24.0 Å². The lowest BCUT2D eigenvalue weighted by Crippen LogP contribution is -2.46. The van der Waals surface area contributed by atoms with E-state index in [0.29, 0.717) is 5.91 Å². The van der Waals surface area contributed by atoms with Crippen LogP contribution >= 0.6 is 24.0 Å². The van der Waals surface area contributed by atoms with Crippen LogP contribution in [0.4, 0.5) is 0 Å². The molecule has 1 atom stereocenters. The molecule has 0 spiro atoms. The maximum Gasteiger partial charge on any atom is 0.225 e. The molecule has 7 heteroatoms. The lowest BCUT2D eigenvalue weighted by Gasteiger charge is -2.26. The molecule has 2 heterocycles. The molecule has 1 aromatic heterocycles. The zero-order valence-electron chi connectivity index (χ0n) is 18.7. The van der Waals surface area contributed by atoms with Crippen molar-refractivity contribution in [3.63, 3.8) is 0 Å². The number of rotatable bonds is 5. The normalized spacial score (nSPS) is 20.0. The Labute approximate surface area is 202 Å². The second kappa shape index (κ2) is 11.2. The Hall–Kier alpha value is -1.77. The van der Waals surface area contributed by atoms with Gasteiger partial charge in [-0.05, 0) is 44.2 Å². The number of para-hydroxylation sites is 1. The van der Waals surface area contributed by atoms with Crippen LogP contribution in [0.3, 0.4) is 0 Å². The first-order valence-corrected chi connectivity index (χ1v) is 11.5. The number of amides is 1. The maximum absolute atomic E-state index is 12.8. The van der Waals surface area contributed by atoms with Gasteiger partial charge in [-0.1, -0.05) is 37.5 Å². The number of aryl methyl sites for hydroxylation is 1. The SMILES string of the molecule is CN=C(NCCc1c(C)[nH]c2ccccc12)NC1CCN(C(=O)C2CCCCC2)C1.I. The van der Waals surface area contributed by atoms with E-state index in [1.807, 2.05) is 7.05 Å². The second-order valence-corrected chi connectivity index (χ2v) is 8.77. The van der Waals surface area contributed by atoms with Crippen LogP contribution in [-0.2, 0) is 11.2 Å². The molecule has 31 heavy (non-hydrogen) atoms. The van der Waals surface area contributed by atoms with Gasteiger partial charge in [-0.25, -0.2) is 0 Å². The van der Waals surface area contributed by atoms with Crippen LogP contribution in [0.1, 0.15) is 49.8 Å². The van der Waals surface area contributed by atoms with Crippen molar-refractivity contribution in [2.75, 3.05) is 26.7 Å². The second-order valence-electron chi connectivity index (χ2n) is 8.77. The van der Waals surface area contributed by atoms with Gasteiger partial charge in [-0.3, -0.25) is 9.79 Å². The quantitative estimate of drug-likeness (QED) is 0.307. The van der Waals surface area contributed by atoms with Crippen LogP contribution < -0.4 is 10.6 Å². The number of carbonyl (C=O) groups is 1. The van der Waals surface area contributed by atoms with Crippen LogP contribution in [0, 0.1) is 12.8 Å². The molecule has 1 unspecified atom stereocenters. The monoisotopic (exact) mass is 537 g/mol. The van der Waals surface area contributed by atoms with Gasteiger partial charge in [0.05, 0.1) is 0 Å². The molecule has 0 bridgehead atoms. The van der Waals surface area contributed by atoms with Gasteiger partial charge in [0.2, 0.25) is 5.91 Å². The number of H-pyrrole nitrogens is 1. The summed E-state index contributed by atoms with van der Waals surface area (Å²) in [6.07, 6.45) is 7.77. The van der Waals surface area contributed by atoms with Crippen molar-refractivity contribution in [1.82, 2.24) is 20.5 Å². The van der Waals surface area contributed by atoms with E-state index in [1.54, 1.807) is 0 Å². The number of carbonyl (C=O) groups excluding carboxylic acids is 1. The summed E-state index contributed by atoms with van der Waals surface area (Å²) in [5, 5.41) is 8.28. The average molecular weight is 537 g/mol. The molecule has 4 rings (SSSR count). The van der Waals surface area contributed by atoms with Crippen molar-refractivity contribution < 1.29 is 4.79 Å². The number of nitrogens with one attached hydrogen (secondary N) is 3. The summed E-state index contributed by atoms with van der Waals surface area (Å²) in [5.41, 5.74) is 3.79. The molecular formula is C24H36IN5O. The number of hydrogen-bond donors (Lipinski definition) is 3. The molecule has 1 saturated carbocycles. The Morgan fingerprint density at radius 1 is 1.19 bits per heavy atom. The molecule has 6 nitrogen and oxygen atoms in total. The smallest absolute Gasteiger partial charge is 0.225 e. The molecule has 1 aromatic carbocycles. The number of nitrogens with zero attached hydrogens (tertiary/aromatic N) is 2.